The van der Waals surface area contributed by atoms with Crippen molar-refractivity contribution in [1.82, 2.24) is 15.5 Å². The highest BCUT2D eigenvalue weighted by atomic mass is 127. The number of hydrogen-bond acceptors (Lipinski definition) is 6. The number of methoxy groups -OCH3 is 2. The highest BCUT2D eigenvalue weighted by molar-refractivity contribution is 14.0. The van der Waals surface area contributed by atoms with E-state index in [1.807, 2.05) is 36.4 Å². The maximum absolute atomic E-state index is 6.07. The molecule has 1 saturated heterocycles. The van der Waals surface area contributed by atoms with Crippen LogP contribution in [0.3, 0.4) is 0 Å². The van der Waals surface area contributed by atoms with Crippen molar-refractivity contribution in [1.29, 1.82) is 0 Å². The molecule has 0 spiro atoms. The number of nitrogens with one attached hydrogen (secondary N) is 2. The van der Waals surface area contributed by atoms with Gasteiger partial charge in [0.25, 0.3) is 0 Å². The number of aliphatic imine (C=N–C) groups is 1. The molecular weight excluding hydrogens is 535 g/mol. The maximum atomic E-state index is 6.07. The fourth-order valence-electron chi connectivity index (χ4n) is 3.48. The van der Waals surface area contributed by atoms with Crippen molar-refractivity contribution < 1.29 is 18.9 Å². The lowest BCUT2D eigenvalue weighted by molar-refractivity contribution is 0.0322. The average Bonchev–Trinajstić information content (AvgIpc) is 2.85. The molecule has 3 rings (SSSR count). The zero-order chi connectivity index (χ0) is 22.6. The summed E-state index contributed by atoms with van der Waals surface area (Å²) < 4.78 is 22.1. The number of para-hydroxylation sites is 1. The van der Waals surface area contributed by atoms with Crippen LogP contribution in [-0.4, -0.2) is 71.6 Å². The summed E-state index contributed by atoms with van der Waals surface area (Å²) in [5.41, 5.74) is 2.15. The second-order valence-corrected chi connectivity index (χ2v) is 7.38. The smallest absolute Gasteiger partial charge is 0.191 e. The summed E-state index contributed by atoms with van der Waals surface area (Å²) in [5.74, 6) is 3.02. The third-order valence-electron chi connectivity index (χ3n) is 5.32. The number of morpholine rings is 1. The van der Waals surface area contributed by atoms with E-state index in [4.69, 9.17) is 18.9 Å². The molecule has 1 fully saturated rings. The summed E-state index contributed by atoms with van der Waals surface area (Å²) in [6, 6.07) is 13.9. The van der Waals surface area contributed by atoms with E-state index in [1.165, 1.54) is 0 Å². The van der Waals surface area contributed by atoms with Gasteiger partial charge in [0.15, 0.2) is 17.5 Å². The number of benzene rings is 2. The van der Waals surface area contributed by atoms with E-state index in [9.17, 15) is 0 Å². The Morgan fingerprint density at radius 3 is 2.42 bits per heavy atom. The van der Waals surface area contributed by atoms with Gasteiger partial charge in [0.1, 0.15) is 12.4 Å². The molecule has 1 aliphatic rings. The summed E-state index contributed by atoms with van der Waals surface area (Å²) in [6.45, 7) is 6.31. The Hall–Kier alpha value is -2.24. The molecule has 0 aromatic heterocycles. The largest absolute Gasteiger partial charge is 0.493 e. The van der Waals surface area contributed by atoms with Gasteiger partial charge in [0.05, 0.1) is 27.4 Å². The third-order valence-corrected chi connectivity index (χ3v) is 5.32. The number of guanidine groups is 1. The van der Waals surface area contributed by atoms with E-state index in [0.29, 0.717) is 37.2 Å². The second kappa shape index (κ2) is 14.8. The molecule has 0 aliphatic carbocycles. The van der Waals surface area contributed by atoms with Crippen molar-refractivity contribution >= 4 is 29.9 Å². The lowest BCUT2D eigenvalue weighted by Crippen LogP contribution is -2.38. The minimum absolute atomic E-state index is 0. The number of halogens is 1. The highest BCUT2D eigenvalue weighted by Gasteiger charge is 2.11. The van der Waals surface area contributed by atoms with Crippen molar-refractivity contribution in [3.05, 3.63) is 53.6 Å². The van der Waals surface area contributed by atoms with E-state index < -0.39 is 0 Å². The molecule has 0 unspecified atom stereocenters. The molecule has 2 N–H and O–H groups in total. The van der Waals surface area contributed by atoms with E-state index in [1.54, 1.807) is 21.3 Å². The minimum Gasteiger partial charge on any atom is -0.493 e. The lowest BCUT2D eigenvalue weighted by atomic mass is 10.2. The van der Waals surface area contributed by atoms with Gasteiger partial charge in [0, 0.05) is 45.3 Å². The van der Waals surface area contributed by atoms with Crippen LogP contribution >= 0.6 is 24.0 Å². The van der Waals surface area contributed by atoms with Crippen LogP contribution < -0.4 is 24.8 Å². The second-order valence-electron chi connectivity index (χ2n) is 7.38. The summed E-state index contributed by atoms with van der Waals surface area (Å²) in [5, 5.41) is 6.70. The monoisotopic (exact) mass is 570 g/mol. The summed E-state index contributed by atoms with van der Waals surface area (Å²) in [6.07, 6.45) is 0. The highest BCUT2D eigenvalue weighted by Crippen LogP contribution is 2.27. The zero-order valence-corrected chi connectivity index (χ0v) is 22.0. The van der Waals surface area contributed by atoms with E-state index in [2.05, 4.69) is 26.6 Å². The van der Waals surface area contributed by atoms with Crippen molar-refractivity contribution in [2.75, 3.05) is 60.7 Å². The quantitative estimate of drug-likeness (QED) is 0.259. The van der Waals surface area contributed by atoms with Crippen LogP contribution in [0.25, 0.3) is 0 Å². The number of rotatable bonds is 10. The Kier molecular flexibility index (Phi) is 12.1. The maximum Gasteiger partial charge on any atom is 0.191 e. The van der Waals surface area contributed by atoms with Crippen molar-refractivity contribution in [2.45, 2.75) is 13.1 Å². The van der Waals surface area contributed by atoms with E-state index in [0.717, 1.165) is 49.7 Å². The topological polar surface area (TPSA) is 76.6 Å². The van der Waals surface area contributed by atoms with Crippen molar-refractivity contribution in [3.63, 3.8) is 0 Å². The summed E-state index contributed by atoms with van der Waals surface area (Å²) in [7, 11) is 5.02. The molecule has 1 heterocycles. The summed E-state index contributed by atoms with van der Waals surface area (Å²) in [4.78, 5) is 6.69. The van der Waals surface area contributed by atoms with Gasteiger partial charge in [-0.1, -0.05) is 24.3 Å². The number of hydrogen-bond donors (Lipinski definition) is 2. The predicted molar refractivity (Wildman–Crippen MR) is 141 cm³/mol. The minimum atomic E-state index is 0. The van der Waals surface area contributed by atoms with Crippen LogP contribution in [0.2, 0.25) is 0 Å². The molecule has 0 atom stereocenters. The molecule has 1 aliphatic heterocycles. The first kappa shape index (κ1) is 27.0. The molecule has 9 heteroatoms. The van der Waals surface area contributed by atoms with Gasteiger partial charge in [-0.15, -0.1) is 24.0 Å². The molecule has 0 saturated carbocycles. The molecular formula is C24H35IN4O4. The van der Waals surface area contributed by atoms with Crippen LogP contribution in [0.4, 0.5) is 0 Å². The summed E-state index contributed by atoms with van der Waals surface area (Å²) >= 11 is 0. The number of nitrogens with zero attached hydrogens (tertiary/aromatic N) is 2. The fourth-order valence-corrected chi connectivity index (χ4v) is 3.48. The molecule has 0 amide bonds. The van der Waals surface area contributed by atoms with Gasteiger partial charge in [-0.05, 0) is 23.8 Å². The Labute approximate surface area is 213 Å². The van der Waals surface area contributed by atoms with E-state index in [-0.39, 0.29) is 24.0 Å². The Bertz CT molecular complexity index is 875. The molecule has 2 aromatic rings. The van der Waals surface area contributed by atoms with Crippen LogP contribution in [0, 0.1) is 0 Å². The fraction of sp³-hybridized carbons (Fsp3) is 0.458. The number of ether oxygens (including phenoxy) is 4. The molecule has 2 aromatic carbocycles. The SMILES string of the molecule is CN=C(NCc1ccc(OC)c(OC)c1)NCc1ccccc1OCCN1CCOCC1.I. The van der Waals surface area contributed by atoms with Gasteiger partial charge >= 0.3 is 0 Å². The van der Waals surface area contributed by atoms with Crippen LogP contribution in [0.5, 0.6) is 17.2 Å². The Morgan fingerprint density at radius 2 is 1.70 bits per heavy atom. The normalized spacial score (nSPS) is 14.2. The van der Waals surface area contributed by atoms with Gasteiger partial charge in [-0.3, -0.25) is 9.89 Å². The Balaban J connectivity index is 0.00000385. The zero-order valence-electron chi connectivity index (χ0n) is 19.6. The first-order chi connectivity index (χ1) is 15.7. The third kappa shape index (κ3) is 8.56. The van der Waals surface area contributed by atoms with Crippen molar-refractivity contribution in [2.24, 2.45) is 4.99 Å². The predicted octanol–water partition coefficient (Wildman–Crippen LogP) is 2.90. The average molecular weight is 570 g/mol. The van der Waals surface area contributed by atoms with Crippen LogP contribution in [0.1, 0.15) is 11.1 Å². The van der Waals surface area contributed by atoms with Gasteiger partial charge in [-0.25, -0.2) is 0 Å². The van der Waals surface area contributed by atoms with E-state index >= 15 is 0 Å². The van der Waals surface area contributed by atoms with Crippen LogP contribution in [-0.2, 0) is 17.8 Å². The molecule has 33 heavy (non-hydrogen) atoms. The van der Waals surface area contributed by atoms with Crippen molar-refractivity contribution in [3.8, 4) is 17.2 Å². The molecule has 0 bridgehead atoms. The van der Waals surface area contributed by atoms with Gasteiger partial charge in [0.2, 0.25) is 0 Å². The molecule has 0 radical (unpaired) electrons. The van der Waals surface area contributed by atoms with Gasteiger partial charge < -0.3 is 29.6 Å². The first-order valence-electron chi connectivity index (χ1n) is 10.9. The standard InChI is InChI=1S/C24H34N4O4.HI/c1-25-24(26-17-19-8-9-22(29-2)23(16-19)30-3)27-18-20-6-4-5-7-21(20)32-15-12-28-10-13-31-14-11-28;/h4-9,16H,10-15,17-18H2,1-3H3,(H2,25,26,27);1H. The first-order valence-corrected chi connectivity index (χ1v) is 10.9. The lowest BCUT2D eigenvalue weighted by Gasteiger charge is -2.26. The van der Waals surface area contributed by atoms with Gasteiger partial charge in [-0.2, -0.15) is 0 Å². The molecule has 182 valence electrons. The Morgan fingerprint density at radius 1 is 0.970 bits per heavy atom. The molecule has 8 nitrogen and oxygen atoms in total. The van der Waals surface area contributed by atoms with Crippen LogP contribution in [0.15, 0.2) is 47.5 Å².